The van der Waals surface area contributed by atoms with Crippen molar-refractivity contribution in [1.82, 2.24) is 0 Å². The maximum atomic E-state index is 13.9. The standard InChI is InChI=1S/C21H15F6NO2/c22-19-8-7-14(21(25,26)27)9-13(19)12-28-15-3-1-4-16(10-15)29-17-5-2-6-18(11-17)30-20(23)24/h1-11,20,28H,12H2. The lowest BCUT2D eigenvalue weighted by molar-refractivity contribution is -0.137. The van der Waals surface area contributed by atoms with Crippen molar-refractivity contribution in [3.8, 4) is 17.2 Å². The lowest BCUT2D eigenvalue weighted by atomic mass is 10.1. The Morgan fingerprint density at radius 2 is 1.50 bits per heavy atom. The van der Waals surface area contributed by atoms with Crippen LogP contribution in [0, 0.1) is 5.82 Å². The van der Waals surface area contributed by atoms with E-state index in [1.165, 1.54) is 30.3 Å². The first-order chi connectivity index (χ1) is 14.2. The molecule has 0 aliphatic heterocycles. The molecule has 0 saturated heterocycles. The Kier molecular flexibility index (Phi) is 6.39. The minimum Gasteiger partial charge on any atom is -0.457 e. The number of hydrogen-bond acceptors (Lipinski definition) is 3. The van der Waals surface area contributed by atoms with Crippen molar-refractivity contribution in [2.45, 2.75) is 19.3 Å². The Hall–Kier alpha value is -3.36. The monoisotopic (exact) mass is 427 g/mol. The molecule has 0 atom stereocenters. The quantitative estimate of drug-likeness (QED) is 0.418. The molecule has 3 nitrogen and oxygen atoms in total. The van der Waals surface area contributed by atoms with Crippen LogP contribution >= 0.6 is 0 Å². The number of nitrogens with one attached hydrogen (secondary N) is 1. The molecule has 158 valence electrons. The molecular weight excluding hydrogens is 412 g/mol. The van der Waals surface area contributed by atoms with Gasteiger partial charge in [-0.2, -0.15) is 22.0 Å². The van der Waals surface area contributed by atoms with E-state index in [4.69, 9.17) is 4.74 Å². The molecule has 0 bridgehead atoms. The maximum absolute atomic E-state index is 13.9. The zero-order valence-corrected chi connectivity index (χ0v) is 15.2. The highest BCUT2D eigenvalue weighted by molar-refractivity contribution is 5.50. The van der Waals surface area contributed by atoms with Crippen LogP contribution in [0.15, 0.2) is 66.7 Å². The second-order valence-corrected chi connectivity index (χ2v) is 6.14. The summed E-state index contributed by atoms with van der Waals surface area (Å²) >= 11 is 0. The summed E-state index contributed by atoms with van der Waals surface area (Å²) in [5.41, 5.74) is -0.624. The average molecular weight is 427 g/mol. The van der Waals surface area contributed by atoms with Gasteiger partial charge in [-0.05, 0) is 42.5 Å². The van der Waals surface area contributed by atoms with Crippen molar-refractivity contribution in [2.24, 2.45) is 0 Å². The summed E-state index contributed by atoms with van der Waals surface area (Å²) in [6.07, 6.45) is -4.57. The van der Waals surface area contributed by atoms with Crippen molar-refractivity contribution < 1.29 is 35.8 Å². The van der Waals surface area contributed by atoms with Crippen LogP contribution in [-0.2, 0) is 12.7 Å². The predicted molar refractivity (Wildman–Crippen MR) is 98.3 cm³/mol. The Bertz CT molecular complexity index is 1010. The van der Waals surface area contributed by atoms with Gasteiger partial charge in [0.1, 0.15) is 23.1 Å². The Morgan fingerprint density at radius 1 is 0.833 bits per heavy atom. The van der Waals surface area contributed by atoms with E-state index in [0.717, 1.165) is 12.1 Å². The highest BCUT2D eigenvalue weighted by Gasteiger charge is 2.31. The third-order valence-corrected chi connectivity index (χ3v) is 3.96. The van der Waals surface area contributed by atoms with Crippen LogP contribution in [0.25, 0.3) is 0 Å². The Balaban J connectivity index is 1.70. The molecule has 0 amide bonds. The molecule has 0 aliphatic carbocycles. The number of rotatable bonds is 7. The molecule has 0 fully saturated rings. The fourth-order valence-corrected chi connectivity index (χ4v) is 2.60. The number of ether oxygens (including phenoxy) is 2. The van der Waals surface area contributed by atoms with E-state index in [9.17, 15) is 26.3 Å². The van der Waals surface area contributed by atoms with Crippen LogP contribution in [0.3, 0.4) is 0 Å². The first-order valence-electron chi connectivity index (χ1n) is 8.63. The summed E-state index contributed by atoms with van der Waals surface area (Å²) in [4.78, 5) is 0. The molecule has 3 aromatic carbocycles. The molecule has 0 radical (unpaired) electrons. The summed E-state index contributed by atoms with van der Waals surface area (Å²) in [5, 5.41) is 2.83. The van der Waals surface area contributed by atoms with E-state index in [1.54, 1.807) is 18.2 Å². The van der Waals surface area contributed by atoms with Crippen LogP contribution in [0.1, 0.15) is 11.1 Å². The molecule has 3 rings (SSSR count). The zero-order chi connectivity index (χ0) is 21.7. The molecule has 0 aromatic heterocycles. The fraction of sp³-hybridized carbons (Fsp3) is 0.143. The second-order valence-electron chi connectivity index (χ2n) is 6.14. The van der Waals surface area contributed by atoms with Crippen molar-refractivity contribution in [2.75, 3.05) is 5.32 Å². The third-order valence-electron chi connectivity index (χ3n) is 3.96. The van der Waals surface area contributed by atoms with Gasteiger partial charge in [0.15, 0.2) is 0 Å². The first kappa shape index (κ1) is 21.4. The predicted octanol–water partition coefficient (Wildman–Crippen LogP) is 6.85. The average Bonchev–Trinajstić information content (AvgIpc) is 2.66. The van der Waals surface area contributed by atoms with Gasteiger partial charge in [0.2, 0.25) is 0 Å². The molecule has 3 aromatic rings. The number of halogens is 6. The minimum atomic E-state index is -4.57. The van der Waals surface area contributed by atoms with Gasteiger partial charge in [0, 0.05) is 29.9 Å². The van der Waals surface area contributed by atoms with Gasteiger partial charge >= 0.3 is 12.8 Å². The summed E-state index contributed by atoms with van der Waals surface area (Å²) in [5.74, 6) is -0.261. The summed E-state index contributed by atoms with van der Waals surface area (Å²) in [7, 11) is 0. The van der Waals surface area contributed by atoms with Gasteiger partial charge in [-0.1, -0.05) is 12.1 Å². The number of hydrogen-bond donors (Lipinski definition) is 1. The number of anilines is 1. The van der Waals surface area contributed by atoms with Crippen LogP contribution in [0.4, 0.5) is 32.0 Å². The fourth-order valence-electron chi connectivity index (χ4n) is 2.60. The molecule has 0 saturated carbocycles. The van der Waals surface area contributed by atoms with Crippen LogP contribution in [0.2, 0.25) is 0 Å². The van der Waals surface area contributed by atoms with Crippen LogP contribution < -0.4 is 14.8 Å². The van der Waals surface area contributed by atoms with E-state index >= 15 is 0 Å². The number of benzene rings is 3. The molecule has 30 heavy (non-hydrogen) atoms. The summed E-state index contributed by atoms with van der Waals surface area (Å²) in [6, 6.07) is 14.2. The summed E-state index contributed by atoms with van der Waals surface area (Å²) in [6.45, 7) is -3.15. The van der Waals surface area contributed by atoms with E-state index in [1.807, 2.05) is 0 Å². The molecule has 0 aliphatic rings. The van der Waals surface area contributed by atoms with Crippen molar-refractivity contribution in [1.29, 1.82) is 0 Å². The van der Waals surface area contributed by atoms with E-state index in [2.05, 4.69) is 10.1 Å². The third kappa shape index (κ3) is 5.82. The molecule has 0 heterocycles. The second kappa shape index (κ2) is 8.98. The maximum Gasteiger partial charge on any atom is 0.416 e. The van der Waals surface area contributed by atoms with Gasteiger partial charge in [-0.15, -0.1) is 0 Å². The van der Waals surface area contributed by atoms with Crippen molar-refractivity contribution >= 4 is 5.69 Å². The Labute approximate surface area is 167 Å². The first-order valence-corrected chi connectivity index (χ1v) is 8.63. The highest BCUT2D eigenvalue weighted by Crippen LogP contribution is 2.31. The number of alkyl halides is 5. The van der Waals surface area contributed by atoms with Crippen LogP contribution in [0.5, 0.6) is 17.2 Å². The smallest absolute Gasteiger partial charge is 0.416 e. The lowest BCUT2D eigenvalue weighted by Gasteiger charge is -2.13. The van der Waals surface area contributed by atoms with Gasteiger partial charge in [-0.3, -0.25) is 0 Å². The van der Waals surface area contributed by atoms with E-state index < -0.39 is 24.2 Å². The lowest BCUT2D eigenvalue weighted by Crippen LogP contribution is -2.08. The van der Waals surface area contributed by atoms with Crippen LogP contribution in [-0.4, -0.2) is 6.61 Å². The van der Waals surface area contributed by atoms with Crippen molar-refractivity contribution in [3.05, 3.63) is 83.7 Å². The normalized spacial score (nSPS) is 11.4. The van der Waals surface area contributed by atoms with Gasteiger partial charge in [0.05, 0.1) is 5.56 Å². The SMILES string of the molecule is Fc1ccc(C(F)(F)F)cc1CNc1cccc(Oc2cccc(OC(F)F)c2)c1. The molecular formula is C21H15F6NO2. The van der Waals surface area contributed by atoms with E-state index in [0.29, 0.717) is 17.5 Å². The molecule has 1 N–H and O–H groups in total. The van der Waals surface area contributed by atoms with Crippen molar-refractivity contribution in [3.63, 3.8) is 0 Å². The minimum absolute atomic E-state index is 0.0724. The highest BCUT2D eigenvalue weighted by atomic mass is 19.4. The zero-order valence-electron chi connectivity index (χ0n) is 15.2. The summed E-state index contributed by atoms with van der Waals surface area (Å²) < 4.78 is 86.8. The van der Waals surface area contributed by atoms with Gasteiger partial charge in [0.25, 0.3) is 0 Å². The topological polar surface area (TPSA) is 30.5 Å². The van der Waals surface area contributed by atoms with Gasteiger partial charge in [-0.25, -0.2) is 4.39 Å². The molecule has 0 spiro atoms. The molecule has 0 unspecified atom stereocenters. The Morgan fingerprint density at radius 3 is 2.20 bits per heavy atom. The molecule has 9 heteroatoms. The van der Waals surface area contributed by atoms with Gasteiger partial charge < -0.3 is 14.8 Å². The largest absolute Gasteiger partial charge is 0.457 e. The van der Waals surface area contributed by atoms with E-state index in [-0.39, 0.29) is 23.6 Å².